The fraction of sp³-hybridized carbons (Fsp3) is 0.625. The molecular formula is C8H15N3O6. The second-order valence-corrected chi connectivity index (χ2v) is 3.12. The molecule has 2 unspecified atom stereocenters. The number of urea groups is 1. The van der Waals surface area contributed by atoms with E-state index in [9.17, 15) is 14.4 Å². The molecule has 0 aliphatic carbocycles. The highest BCUT2D eigenvalue weighted by molar-refractivity contribution is 5.82. The van der Waals surface area contributed by atoms with Gasteiger partial charge in [0.05, 0.1) is 12.6 Å². The van der Waals surface area contributed by atoms with Gasteiger partial charge in [-0.2, -0.15) is 0 Å². The van der Waals surface area contributed by atoms with Crippen LogP contribution in [0.15, 0.2) is 0 Å². The minimum Gasteiger partial charge on any atom is -0.480 e. The third-order valence-corrected chi connectivity index (χ3v) is 1.67. The molecule has 0 aliphatic heterocycles. The number of carboxylic acids is 1. The fourth-order valence-corrected chi connectivity index (χ4v) is 0.897. The standard InChI is InChI=1S/C8H15N3O6/c1-4(12)5(6(13)14)11-8(16)10-2-3-17-7(9)15/h4-5,12H,2-3H2,1H3,(H2,9,15)(H,13,14)(H2,10,11,16). The van der Waals surface area contributed by atoms with E-state index >= 15 is 0 Å². The summed E-state index contributed by atoms with van der Waals surface area (Å²) in [6, 6.07) is -2.21. The van der Waals surface area contributed by atoms with Crippen molar-refractivity contribution < 1.29 is 29.3 Å². The molecule has 98 valence electrons. The fourth-order valence-electron chi connectivity index (χ4n) is 0.897. The van der Waals surface area contributed by atoms with E-state index in [1.807, 2.05) is 5.32 Å². The molecule has 0 fully saturated rings. The van der Waals surface area contributed by atoms with Gasteiger partial charge in [-0.1, -0.05) is 0 Å². The van der Waals surface area contributed by atoms with Crippen LogP contribution in [-0.2, 0) is 9.53 Å². The lowest BCUT2D eigenvalue weighted by Crippen LogP contribution is -2.51. The summed E-state index contributed by atoms with van der Waals surface area (Å²) in [7, 11) is 0. The number of aliphatic hydroxyl groups is 1. The largest absolute Gasteiger partial charge is 0.480 e. The number of nitrogens with two attached hydrogens (primary N) is 1. The van der Waals surface area contributed by atoms with E-state index in [0.717, 1.165) is 0 Å². The van der Waals surface area contributed by atoms with Crippen molar-refractivity contribution in [2.24, 2.45) is 5.73 Å². The van der Waals surface area contributed by atoms with Crippen LogP contribution < -0.4 is 16.4 Å². The van der Waals surface area contributed by atoms with Crippen LogP contribution >= 0.6 is 0 Å². The number of primary amides is 1. The van der Waals surface area contributed by atoms with E-state index in [1.165, 1.54) is 6.92 Å². The molecule has 9 nitrogen and oxygen atoms in total. The van der Waals surface area contributed by atoms with Crippen molar-refractivity contribution in [2.45, 2.75) is 19.1 Å². The second kappa shape index (κ2) is 7.28. The molecule has 9 heteroatoms. The third kappa shape index (κ3) is 6.95. The monoisotopic (exact) mass is 249 g/mol. The number of hydrogen-bond acceptors (Lipinski definition) is 5. The Morgan fingerprint density at radius 3 is 2.41 bits per heavy atom. The number of ether oxygens (including phenoxy) is 1. The molecule has 0 heterocycles. The zero-order valence-corrected chi connectivity index (χ0v) is 9.17. The van der Waals surface area contributed by atoms with Gasteiger partial charge in [0.15, 0.2) is 6.04 Å². The number of hydrogen-bond donors (Lipinski definition) is 5. The molecule has 0 aromatic carbocycles. The first kappa shape index (κ1) is 15.0. The van der Waals surface area contributed by atoms with Crippen LogP contribution in [0.2, 0.25) is 0 Å². The summed E-state index contributed by atoms with van der Waals surface area (Å²) < 4.78 is 4.32. The Balaban J connectivity index is 3.91. The van der Waals surface area contributed by atoms with Crippen LogP contribution in [0, 0.1) is 0 Å². The molecular weight excluding hydrogens is 234 g/mol. The number of aliphatic carboxylic acids is 1. The van der Waals surface area contributed by atoms with Gasteiger partial charge in [-0.25, -0.2) is 14.4 Å². The molecule has 0 rings (SSSR count). The smallest absolute Gasteiger partial charge is 0.404 e. The van der Waals surface area contributed by atoms with Gasteiger partial charge < -0.3 is 31.3 Å². The van der Waals surface area contributed by atoms with E-state index in [0.29, 0.717) is 0 Å². The minimum atomic E-state index is -1.41. The zero-order valence-electron chi connectivity index (χ0n) is 9.17. The van der Waals surface area contributed by atoms with Crippen molar-refractivity contribution in [1.29, 1.82) is 0 Å². The quantitative estimate of drug-likeness (QED) is 0.351. The molecule has 6 N–H and O–H groups in total. The van der Waals surface area contributed by atoms with Gasteiger partial charge >= 0.3 is 18.1 Å². The minimum absolute atomic E-state index is 0.0269. The Labute approximate surface area is 96.9 Å². The van der Waals surface area contributed by atoms with Gasteiger partial charge in [0.1, 0.15) is 6.61 Å². The van der Waals surface area contributed by atoms with Crippen LogP contribution in [0.1, 0.15) is 6.92 Å². The van der Waals surface area contributed by atoms with Crippen molar-refractivity contribution in [3.8, 4) is 0 Å². The maximum absolute atomic E-state index is 11.1. The zero-order chi connectivity index (χ0) is 13.4. The third-order valence-electron chi connectivity index (χ3n) is 1.67. The van der Waals surface area contributed by atoms with Crippen molar-refractivity contribution in [1.82, 2.24) is 10.6 Å². The summed E-state index contributed by atoms with van der Waals surface area (Å²) in [5.74, 6) is -1.36. The van der Waals surface area contributed by atoms with E-state index < -0.39 is 30.2 Å². The van der Waals surface area contributed by atoms with E-state index in [4.69, 9.17) is 10.2 Å². The number of aliphatic hydroxyl groups excluding tert-OH is 1. The average Bonchev–Trinajstić information content (AvgIpc) is 2.19. The summed E-state index contributed by atoms with van der Waals surface area (Å²) in [4.78, 5) is 31.9. The Hall–Kier alpha value is -2.03. The normalized spacial score (nSPS) is 13.3. The van der Waals surface area contributed by atoms with Crippen molar-refractivity contribution in [2.75, 3.05) is 13.2 Å². The van der Waals surface area contributed by atoms with E-state index in [2.05, 4.69) is 15.8 Å². The summed E-state index contributed by atoms with van der Waals surface area (Å²) in [5, 5.41) is 22.0. The number of carbonyl (C=O) groups is 3. The molecule has 3 amide bonds. The van der Waals surface area contributed by atoms with E-state index in [1.54, 1.807) is 0 Å². The SMILES string of the molecule is CC(O)C(NC(=O)NCCOC(N)=O)C(=O)O. The molecule has 0 radical (unpaired) electrons. The molecule has 0 saturated heterocycles. The Bertz CT molecular complexity index is 293. The lowest BCUT2D eigenvalue weighted by Gasteiger charge is -2.17. The maximum atomic E-state index is 11.1. The number of carbonyl (C=O) groups excluding carboxylic acids is 2. The lowest BCUT2D eigenvalue weighted by atomic mass is 10.2. The molecule has 17 heavy (non-hydrogen) atoms. The lowest BCUT2D eigenvalue weighted by molar-refractivity contribution is -0.141. The predicted molar refractivity (Wildman–Crippen MR) is 55.2 cm³/mol. The van der Waals surface area contributed by atoms with Gasteiger partial charge in [0.25, 0.3) is 0 Å². The Morgan fingerprint density at radius 1 is 1.41 bits per heavy atom. The maximum Gasteiger partial charge on any atom is 0.404 e. The van der Waals surface area contributed by atoms with Gasteiger partial charge in [0, 0.05) is 0 Å². The summed E-state index contributed by atoms with van der Waals surface area (Å²) in [6.45, 7) is 1.07. The number of carboxylic acid groups (broad SMARTS) is 1. The Morgan fingerprint density at radius 2 is 2.00 bits per heavy atom. The summed E-state index contributed by atoms with van der Waals surface area (Å²) in [5.41, 5.74) is 4.67. The first-order valence-corrected chi connectivity index (χ1v) is 4.72. The van der Waals surface area contributed by atoms with Gasteiger partial charge in [-0.05, 0) is 6.92 Å². The molecule has 0 aromatic rings. The van der Waals surface area contributed by atoms with Gasteiger partial charge in [-0.15, -0.1) is 0 Å². The van der Waals surface area contributed by atoms with E-state index in [-0.39, 0.29) is 13.2 Å². The molecule has 2 atom stereocenters. The van der Waals surface area contributed by atoms with Crippen molar-refractivity contribution in [3.63, 3.8) is 0 Å². The van der Waals surface area contributed by atoms with Gasteiger partial charge in [0.2, 0.25) is 0 Å². The summed E-state index contributed by atoms with van der Waals surface area (Å²) in [6.07, 6.45) is -2.21. The average molecular weight is 249 g/mol. The summed E-state index contributed by atoms with van der Waals surface area (Å²) >= 11 is 0. The van der Waals surface area contributed by atoms with Crippen LogP contribution in [0.25, 0.3) is 0 Å². The van der Waals surface area contributed by atoms with Crippen LogP contribution in [-0.4, -0.2) is 53.6 Å². The Kier molecular flexibility index (Phi) is 6.41. The molecule has 0 bridgehead atoms. The van der Waals surface area contributed by atoms with Crippen LogP contribution in [0.4, 0.5) is 9.59 Å². The van der Waals surface area contributed by atoms with Crippen molar-refractivity contribution >= 4 is 18.1 Å². The van der Waals surface area contributed by atoms with Crippen LogP contribution in [0.3, 0.4) is 0 Å². The highest BCUT2D eigenvalue weighted by atomic mass is 16.5. The molecule has 0 aromatic heterocycles. The number of rotatable bonds is 6. The number of amides is 3. The highest BCUT2D eigenvalue weighted by Gasteiger charge is 2.24. The first-order valence-electron chi connectivity index (χ1n) is 4.72. The topological polar surface area (TPSA) is 151 Å². The predicted octanol–water partition coefficient (Wildman–Crippen LogP) is -1.79. The first-order chi connectivity index (χ1) is 7.84. The molecule has 0 saturated carbocycles. The highest BCUT2D eigenvalue weighted by Crippen LogP contribution is 1.92. The molecule has 0 spiro atoms. The molecule has 0 aliphatic rings. The second-order valence-electron chi connectivity index (χ2n) is 3.12. The van der Waals surface area contributed by atoms with Crippen molar-refractivity contribution in [3.05, 3.63) is 0 Å². The van der Waals surface area contributed by atoms with Gasteiger partial charge in [-0.3, -0.25) is 0 Å². The number of nitrogens with one attached hydrogen (secondary N) is 2. The van der Waals surface area contributed by atoms with Crippen LogP contribution in [0.5, 0.6) is 0 Å².